The molecule has 110 valence electrons. The first-order valence-corrected chi connectivity index (χ1v) is 7.30. The molecule has 2 saturated heterocycles. The number of hydrogen-bond acceptors (Lipinski definition) is 4. The molecule has 2 aromatic heterocycles. The van der Waals surface area contributed by atoms with Gasteiger partial charge in [-0.05, 0) is 31.0 Å². The number of hydrogen-bond donors (Lipinski definition) is 0. The lowest BCUT2D eigenvalue weighted by Gasteiger charge is -2.31. The summed E-state index contributed by atoms with van der Waals surface area (Å²) >= 11 is 0. The molecule has 6 heteroatoms. The predicted molar refractivity (Wildman–Crippen MR) is 73.8 cm³/mol. The first-order valence-electron chi connectivity index (χ1n) is 7.30. The second kappa shape index (κ2) is 5.04. The van der Waals surface area contributed by atoms with Gasteiger partial charge in [0.2, 0.25) is 0 Å². The highest BCUT2D eigenvalue weighted by atomic mass is 16.5. The highest BCUT2D eigenvalue weighted by Crippen LogP contribution is 2.36. The molecular weight excluding hydrogens is 270 g/mol. The number of aromatic nitrogens is 2. The van der Waals surface area contributed by atoms with E-state index in [9.17, 15) is 4.79 Å². The Labute approximate surface area is 122 Å². The highest BCUT2D eigenvalue weighted by molar-refractivity contribution is 5.92. The monoisotopic (exact) mass is 287 g/mol. The van der Waals surface area contributed by atoms with Gasteiger partial charge < -0.3 is 14.1 Å². The SMILES string of the molecule is O=C(c1ccco1)N1C[C@H](n2cccn2)[C@@H]2OCCC[C@@H]21. The Morgan fingerprint density at radius 3 is 3.05 bits per heavy atom. The average molecular weight is 287 g/mol. The number of fused-ring (bicyclic) bond motifs is 1. The van der Waals surface area contributed by atoms with E-state index in [0.717, 1.165) is 19.4 Å². The molecule has 0 aromatic carbocycles. The smallest absolute Gasteiger partial charge is 0.289 e. The van der Waals surface area contributed by atoms with Crippen molar-refractivity contribution in [3.8, 4) is 0 Å². The lowest BCUT2D eigenvalue weighted by atomic mass is 10.0. The second-order valence-corrected chi connectivity index (χ2v) is 5.53. The van der Waals surface area contributed by atoms with Crippen molar-refractivity contribution in [3.63, 3.8) is 0 Å². The van der Waals surface area contributed by atoms with Crippen LogP contribution in [0.4, 0.5) is 0 Å². The van der Waals surface area contributed by atoms with Crippen molar-refractivity contribution < 1.29 is 13.9 Å². The Bertz CT molecular complexity index is 608. The molecule has 0 unspecified atom stereocenters. The summed E-state index contributed by atoms with van der Waals surface area (Å²) < 4.78 is 13.1. The van der Waals surface area contributed by atoms with Crippen LogP contribution in [-0.4, -0.2) is 45.9 Å². The molecule has 21 heavy (non-hydrogen) atoms. The Morgan fingerprint density at radius 1 is 1.33 bits per heavy atom. The van der Waals surface area contributed by atoms with Crippen LogP contribution in [0.25, 0.3) is 0 Å². The van der Waals surface area contributed by atoms with E-state index in [2.05, 4.69) is 5.10 Å². The van der Waals surface area contributed by atoms with Crippen LogP contribution < -0.4 is 0 Å². The largest absolute Gasteiger partial charge is 0.459 e. The van der Waals surface area contributed by atoms with Gasteiger partial charge in [0.1, 0.15) is 6.10 Å². The van der Waals surface area contributed by atoms with Crippen LogP contribution in [0, 0.1) is 0 Å². The van der Waals surface area contributed by atoms with Crippen LogP contribution >= 0.6 is 0 Å². The third-order valence-electron chi connectivity index (χ3n) is 4.35. The topological polar surface area (TPSA) is 60.5 Å². The summed E-state index contributed by atoms with van der Waals surface area (Å²) in [5.41, 5.74) is 0. The van der Waals surface area contributed by atoms with Gasteiger partial charge in [-0.3, -0.25) is 9.48 Å². The summed E-state index contributed by atoms with van der Waals surface area (Å²) in [5, 5.41) is 4.32. The molecule has 6 nitrogen and oxygen atoms in total. The lowest BCUT2D eigenvalue weighted by Crippen LogP contribution is -2.43. The Kier molecular flexibility index (Phi) is 3.03. The van der Waals surface area contributed by atoms with Gasteiger partial charge in [-0.1, -0.05) is 0 Å². The first kappa shape index (κ1) is 12.6. The molecule has 0 spiro atoms. The third kappa shape index (κ3) is 2.06. The van der Waals surface area contributed by atoms with Gasteiger partial charge >= 0.3 is 0 Å². The molecule has 0 aliphatic carbocycles. The van der Waals surface area contributed by atoms with Gasteiger partial charge in [0.05, 0.1) is 18.3 Å². The number of likely N-dealkylation sites (tertiary alicyclic amines) is 1. The number of carbonyl (C=O) groups is 1. The predicted octanol–water partition coefficient (Wildman–Crippen LogP) is 1.72. The summed E-state index contributed by atoms with van der Waals surface area (Å²) in [5.74, 6) is 0.329. The second-order valence-electron chi connectivity index (χ2n) is 5.53. The molecule has 4 rings (SSSR count). The van der Waals surface area contributed by atoms with Gasteiger partial charge in [-0.2, -0.15) is 5.10 Å². The van der Waals surface area contributed by atoms with Crippen molar-refractivity contribution in [1.82, 2.24) is 14.7 Å². The van der Waals surface area contributed by atoms with Gasteiger partial charge in [-0.15, -0.1) is 0 Å². The lowest BCUT2D eigenvalue weighted by molar-refractivity contribution is -0.0250. The van der Waals surface area contributed by atoms with Gasteiger partial charge in [0.15, 0.2) is 5.76 Å². The summed E-state index contributed by atoms with van der Waals surface area (Å²) in [6, 6.07) is 5.52. The van der Waals surface area contributed by atoms with Crippen molar-refractivity contribution in [1.29, 1.82) is 0 Å². The van der Waals surface area contributed by atoms with Crippen LogP contribution in [0.5, 0.6) is 0 Å². The zero-order chi connectivity index (χ0) is 14.2. The molecule has 0 N–H and O–H groups in total. The minimum atomic E-state index is -0.0600. The molecular formula is C15H17N3O3. The number of amides is 1. The van der Waals surface area contributed by atoms with E-state index in [1.165, 1.54) is 6.26 Å². The molecule has 2 aliphatic heterocycles. The molecule has 4 heterocycles. The number of nitrogens with zero attached hydrogens (tertiary/aromatic N) is 3. The molecule has 0 radical (unpaired) electrons. The summed E-state index contributed by atoms with van der Waals surface area (Å²) in [6.07, 6.45) is 7.18. The van der Waals surface area contributed by atoms with Crippen molar-refractivity contribution in [2.24, 2.45) is 0 Å². The fraction of sp³-hybridized carbons (Fsp3) is 0.467. The Morgan fingerprint density at radius 2 is 2.29 bits per heavy atom. The number of furan rings is 1. The van der Waals surface area contributed by atoms with E-state index in [0.29, 0.717) is 12.3 Å². The summed E-state index contributed by atoms with van der Waals surface area (Å²) in [7, 11) is 0. The van der Waals surface area contributed by atoms with Crippen LogP contribution in [0.15, 0.2) is 41.3 Å². The maximum Gasteiger partial charge on any atom is 0.289 e. The fourth-order valence-corrected chi connectivity index (χ4v) is 3.42. The van der Waals surface area contributed by atoms with Crippen LogP contribution in [0.3, 0.4) is 0 Å². The van der Waals surface area contributed by atoms with E-state index in [4.69, 9.17) is 9.15 Å². The van der Waals surface area contributed by atoms with Crippen molar-refractivity contribution >= 4 is 5.91 Å². The van der Waals surface area contributed by atoms with Gasteiger partial charge in [0, 0.05) is 25.5 Å². The van der Waals surface area contributed by atoms with Crippen molar-refractivity contribution in [2.45, 2.75) is 31.0 Å². The van der Waals surface area contributed by atoms with E-state index in [1.54, 1.807) is 18.3 Å². The number of carbonyl (C=O) groups excluding carboxylic acids is 1. The molecule has 0 saturated carbocycles. The average Bonchev–Trinajstić information content (AvgIpc) is 3.25. The van der Waals surface area contributed by atoms with Crippen LogP contribution in [0.1, 0.15) is 29.4 Å². The van der Waals surface area contributed by atoms with E-state index >= 15 is 0 Å². The van der Waals surface area contributed by atoms with Crippen LogP contribution in [-0.2, 0) is 4.74 Å². The molecule has 2 fully saturated rings. The maximum absolute atomic E-state index is 12.6. The minimum absolute atomic E-state index is 0.0116. The Balaban J connectivity index is 1.64. The van der Waals surface area contributed by atoms with Crippen molar-refractivity contribution in [2.75, 3.05) is 13.2 Å². The summed E-state index contributed by atoms with van der Waals surface area (Å²) in [4.78, 5) is 14.5. The third-order valence-corrected chi connectivity index (χ3v) is 4.35. The molecule has 2 aliphatic rings. The van der Waals surface area contributed by atoms with E-state index in [-0.39, 0.29) is 24.1 Å². The first-order chi connectivity index (χ1) is 10.3. The molecule has 3 atom stereocenters. The zero-order valence-electron chi connectivity index (χ0n) is 11.6. The normalized spacial score (nSPS) is 28.6. The minimum Gasteiger partial charge on any atom is -0.459 e. The fourth-order valence-electron chi connectivity index (χ4n) is 3.42. The zero-order valence-corrected chi connectivity index (χ0v) is 11.6. The number of rotatable bonds is 2. The van der Waals surface area contributed by atoms with Gasteiger partial charge in [0.25, 0.3) is 5.91 Å². The standard InChI is InChI=1S/C15H17N3O3/c19-15(13-5-2-8-20-13)17-10-12(18-7-3-6-16-18)14-11(17)4-1-9-21-14/h2-3,5-8,11-12,14H,1,4,9-10H2/t11-,12-,14+/m0/s1. The number of ether oxygens (including phenoxy) is 1. The van der Waals surface area contributed by atoms with E-state index < -0.39 is 0 Å². The summed E-state index contributed by atoms with van der Waals surface area (Å²) in [6.45, 7) is 1.36. The van der Waals surface area contributed by atoms with Gasteiger partial charge in [-0.25, -0.2) is 0 Å². The van der Waals surface area contributed by atoms with Crippen LogP contribution in [0.2, 0.25) is 0 Å². The Hall–Kier alpha value is -2.08. The van der Waals surface area contributed by atoms with E-state index in [1.807, 2.05) is 21.8 Å². The molecule has 2 aromatic rings. The van der Waals surface area contributed by atoms with Crippen molar-refractivity contribution in [3.05, 3.63) is 42.6 Å². The molecule has 0 bridgehead atoms. The quantitative estimate of drug-likeness (QED) is 0.844. The molecule has 1 amide bonds. The highest BCUT2D eigenvalue weighted by Gasteiger charge is 2.47. The maximum atomic E-state index is 12.6.